The zero-order valence-corrected chi connectivity index (χ0v) is 11.3. The molecule has 0 unspecified atom stereocenters. The fourth-order valence-corrected chi connectivity index (χ4v) is 1.96. The zero-order chi connectivity index (χ0) is 13.8. The van der Waals surface area contributed by atoms with Crippen molar-refractivity contribution in [3.8, 4) is 0 Å². The molecular weight excluding hydrogens is 288 g/mol. The van der Waals surface area contributed by atoms with E-state index < -0.39 is 5.82 Å². The first-order valence-electron chi connectivity index (χ1n) is 5.54. The molecule has 0 atom stereocenters. The van der Waals surface area contributed by atoms with E-state index in [4.69, 9.17) is 23.2 Å². The van der Waals surface area contributed by atoms with Crippen LogP contribution in [-0.4, -0.2) is 5.91 Å². The average molecular weight is 298 g/mol. The molecule has 0 radical (unpaired) electrons. The Balaban J connectivity index is 2.07. The van der Waals surface area contributed by atoms with Gasteiger partial charge in [-0.1, -0.05) is 29.3 Å². The highest BCUT2D eigenvalue weighted by atomic mass is 35.5. The fourth-order valence-electron chi connectivity index (χ4n) is 1.60. The Morgan fingerprint density at radius 2 is 1.79 bits per heavy atom. The average Bonchev–Trinajstić information content (AvgIpc) is 2.37. The third-order valence-corrected chi connectivity index (χ3v) is 3.13. The number of halogens is 3. The van der Waals surface area contributed by atoms with E-state index in [2.05, 4.69) is 5.32 Å². The number of carbonyl (C=O) groups is 1. The van der Waals surface area contributed by atoms with Gasteiger partial charge >= 0.3 is 0 Å². The zero-order valence-electron chi connectivity index (χ0n) is 9.79. The topological polar surface area (TPSA) is 29.1 Å². The van der Waals surface area contributed by atoms with Crippen LogP contribution in [0.2, 0.25) is 10.0 Å². The van der Waals surface area contributed by atoms with Crippen molar-refractivity contribution in [3.63, 3.8) is 0 Å². The van der Waals surface area contributed by atoms with E-state index in [-0.39, 0.29) is 22.9 Å². The van der Waals surface area contributed by atoms with Gasteiger partial charge in [0.1, 0.15) is 5.82 Å². The summed E-state index contributed by atoms with van der Waals surface area (Å²) in [5.41, 5.74) is 0.789. The molecule has 0 saturated carbocycles. The van der Waals surface area contributed by atoms with E-state index in [1.54, 1.807) is 30.3 Å². The number of hydrogen-bond acceptors (Lipinski definition) is 1. The second-order valence-corrected chi connectivity index (χ2v) is 4.78. The van der Waals surface area contributed by atoms with Crippen molar-refractivity contribution in [1.29, 1.82) is 0 Å². The molecule has 5 heteroatoms. The number of anilines is 1. The van der Waals surface area contributed by atoms with E-state index in [9.17, 15) is 9.18 Å². The third-order valence-electron chi connectivity index (χ3n) is 2.53. The van der Waals surface area contributed by atoms with Crippen molar-refractivity contribution in [3.05, 3.63) is 63.9 Å². The number of hydrogen-bond donors (Lipinski definition) is 1. The van der Waals surface area contributed by atoms with Crippen LogP contribution in [0.1, 0.15) is 5.56 Å². The number of carbonyl (C=O) groups excluding carboxylic acids is 1. The molecule has 98 valence electrons. The predicted octanol–water partition coefficient (Wildman–Crippen LogP) is 4.31. The van der Waals surface area contributed by atoms with E-state index in [1.165, 1.54) is 12.1 Å². The lowest BCUT2D eigenvalue weighted by atomic mass is 10.1. The Bertz CT molecular complexity index is 579. The molecule has 1 N–H and O–H groups in total. The summed E-state index contributed by atoms with van der Waals surface area (Å²) in [5, 5.41) is 3.47. The van der Waals surface area contributed by atoms with Gasteiger partial charge in [0.25, 0.3) is 0 Å². The van der Waals surface area contributed by atoms with Crippen LogP contribution < -0.4 is 5.32 Å². The number of rotatable bonds is 3. The maximum atomic E-state index is 13.5. The van der Waals surface area contributed by atoms with Gasteiger partial charge < -0.3 is 5.32 Å². The van der Waals surface area contributed by atoms with Gasteiger partial charge in [-0.25, -0.2) is 4.39 Å². The molecule has 0 spiro atoms. The maximum absolute atomic E-state index is 13.5. The molecule has 0 aliphatic heterocycles. The Kier molecular flexibility index (Phi) is 4.40. The summed E-state index contributed by atoms with van der Waals surface area (Å²) < 4.78 is 13.5. The lowest BCUT2D eigenvalue weighted by molar-refractivity contribution is -0.115. The number of nitrogens with one attached hydrogen (secondary N) is 1. The summed E-state index contributed by atoms with van der Waals surface area (Å²) in [6.07, 6.45) is -0.117. The first-order chi connectivity index (χ1) is 9.06. The molecule has 1 amide bonds. The molecule has 0 aromatic heterocycles. The van der Waals surface area contributed by atoms with Gasteiger partial charge in [-0.05, 0) is 36.4 Å². The van der Waals surface area contributed by atoms with Crippen molar-refractivity contribution in [2.75, 3.05) is 5.32 Å². The van der Waals surface area contributed by atoms with Gasteiger partial charge in [0.05, 0.1) is 6.42 Å². The third kappa shape index (κ3) is 3.69. The number of benzene rings is 2. The quantitative estimate of drug-likeness (QED) is 0.898. The van der Waals surface area contributed by atoms with Gasteiger partial charge in [-0.2, -0.15) is 0 Å². The highest BCUT2D eigenvalue weighted by molar-refractivity contribution is 6.31. The fraction of sp³-hybridized carbons (Fsp3) is 0.0714. The normalized spacial score (nSPS) is 10.3. The Labute approximate surface area is 120 Å². The summed E-state index contributed by atoms with van der Waals surface area (Å²) in [4.78, 5) is 11.8. The molecular formula is C14H10Cl2FNO. The van der Waals surface area contributed by atoms with E-state index >= 15 is 0 Å². The highest BCUT2D eigenvalue weighted by Gasteiger charge is 2.11. The van der Waals surface area contributed by atoms with Crippen LogP contribution in [0.3, 0.4) is 0 Å². The molecule has 0 aliphatic rings. The van der Waals surface area contributed by atoms with Crippen LogP contribution in [0.25, 0.3) is 0 Å². The van der Waals surface area contributed by atoms with Crippen LogP contribution in [0, 0.1) is 5.82 Å². The van der Waals surface area contributed by atoms with Crippen LogP contribution in [-0.2, 0) is 11.2 Å². The first-order valence-corrected chi connectivity index (χ1v) is 6.30. The van der Waals surface area contributed by atoms with Gasteiger partial charge in [0, 0.05) is 21.3 Å². The molecule has 2 rings (SSSR count). The molecule has 2 nitrogen and oxygen atoms in total. The SMILES string of the molecule is O=C(Cc1c(F)cccc1Cl)Nc1ccc(Cl)cc1. The van der Waals surface area contributed by atoms with Crippen molar-refractivity contribution in [1.82, 2.24) is 0 Å². The molecule has 0 bridgehead atoms. The molecule has 2 aromatic rings. The summed E-state index contributed by atoms with van der Waals surface area (Å²) in [7, 11) is 0. The number of amides is 1. The largest absolute Gasteiger partial charge is 0.326 e. The van der Waals surface area contributed by atoms with Crippen LogP contribution >= 0.6 is 23.2 Å². The second-order valence-electron chi connectivity index (χ2n) is 3.93. The van der Waals surface area contributed by atoms with Gasteiger partial charge in [-0.3, -0.25) is 4.79 Å². The second kappa shape index (κ2) is 6.04. The van der Waals surface area contributed by atoms with Gasteiger partial charge in [0.2, 0.25) is 5.91 Å². The van der Waals surface area contributed by atoms with E-state index in [0.717, 1.165) is 0 Å². The van der Waals surface area contributed by atoms with Crippen LogP contribution in [0.4, 0.5) is 10.1 Å². The monoisotopic (exact) mass is 297 g/mol. The van der Waals surface area contributed by atoms with Crippen molar-refractivity contribution < 1.29 is 9.18 Å². The predicted molar refractivity (Wildman–Crippen MR) is 75.2 cm³/mol. The van der Waals surface area contributed by atoms with E-state index in [1.807, 2.05) is 0 Å². The van der Waals surface area contributed by atoms with Crippen molar-refractivity contribution >= 4 is 34.8 Å². The molecule has 19 heavy (non-hydrogen) atoms. The summed E-state index contributed by atoms with van der Waals surface area (Å²) in [6.45, 7) is 0. The lowest BCUT2D eigenvalue weighted by Crippen LogP contribution is -2.15. The minimum atomic E-state index is -0.487. The lowest BCUT2D eigenvalue weighted by Gasteiger charge is -2.07. The smallest absolute Gasteiger partial charge is 0.228 e. The minimum absolute atomic E-state index is 0.117. The summed E-state index contributed by atoms with van der Waals surface area (Å²) in [5.74, 6) is -0.826. The standard InChI is InChI=1S/C14H10Cl2FNO/c15-9-4-6-10(7-5-9)18-14(19)8-11-12(16)2-1-3-13(11)17/h1-7H,8H2,(H,18,19). The molecule has 0 saturated heterocycles. The summed E-state index contributed by atoms with van der Waals surface area (Å²) >= 11 is 11.6. The van der Waals surface area contributed by atoms with Crippen molar-refractivity contribution in [2.45, 2.75) is 6.42 Å². The molecule has 0 fully saturated rings. The van der Waals surface area contributed by atoms with E-state index in [0.29, 0.717) is 10.7 Å². The van der Waals surface area contributed by atoms with Crippen LogP contribution in [0.15, 0.2) is 42.5 Å². The van der Waals surface area contributed by atoms with Crippen LogP contribution in [0.5, 0.6) is 0 Å². The first kappa shape index (κ1) is 13.8. The molecule has 2 aromatic carbocycles. The Morgan fingerprint density at radius 3 is 2.42 bits per heavy atom. The van der Waals surface area contributed by atoms with Gasteiger partial charge in [0.15, 0.2) is 0 Å². The minimum Gasteiger partial charge on any atom is -0.326 e. The Morgan fingerprint density at radius 1 is 1.11 bits per heavy atom. The van der Waals surface area contributed by atoms with Crippen molar-refractivity contribution in [2.24, 2.45) is 0 Å². The molecule has 0 heterocycles. The maximum Gasteiger partial charge on any atom is 0.228 e. The highest BCUT2D eigenvalue weighted by Crippen LogP contribution is 2.20. The Hall–Kier alpha value is -1.58. The molecule has 0 aliphatic carbocycles. The van der Waals surface area contributed by atoms with Gasteiger partial charge in [-0.15, -0.1) is 0 Å². The summed E-state index contributed by atoms with van der Waals surface area (Å²) in [6, 6.07) is 11.0.